The molecule has 100 valence electrons. The summed E-state index contributed by atoms with van der Waals surface area (Å²) in [4.78, 5) is 12.6. The van der Waals surface area contributed by atoms with Gasteiger partial charge >= 0.3 is 0 Å². The monoisotopic (exact) mass is 287 g/mol. The highest BCUT2D eigenvalue weighted by molar-refractivity contribution is 7.99. The normalized spacial score (nSPS) is 14.8. The van der Waals surface area contributed by atoms with E-state index < -0.39 is 0 Å². The fraction of sp³-hybridized carbons (Fsp3) is 0.231. The van der Waals surface area contributed by atoms with Crippen molar-refractivity contribution in [2.24, 2.45) is 0 Å². The summed E-state index contributed by atoms with van der Waals surface area (Å²) in [6, 6.07) is 4.84. The van der Waals surface area contributed by atoms with Gasteiger partial charge in [-0.25, -0.2) is 19.3 Å². The Labute approximate surface area is 118 Å². The Morgan fingerprint density at radius 2 is 2.15 bits per heavy atom. The standard InChI is InChI=1S/C13H10FN5S/c14-9-3-1-2-8-10(9)15-6-16-12(8)20-13-17-11(18-19-13)7-4-5-7/h1-3,6-7H,4-5H2,(H,17,18,19). The van der Waals surface area contributed by atoms with E-state index >= 15 is 0 Å². The Kier molecular flexibility index (Phi) is 2.66. The molecule has 1 N–H and O–H groups in total. The third kappa shape index (κ3) is 2.03. The van der Waals surface area contributed by atoms with E-state index in [0.29, 0.717) is 27.0 Å². The van der Waals surface area contributed by atoms with E-state index in [-0.39, 0.29) is 5.82 Å². The molecule has 7 heteroatoms. The predicted molar refractivity (Wildman–Crippen MR) is 72.0 cm³/mol. The number of hydrogen-bond acceptors (Lipinski definition) is 5. The van der Waals surface area contributed by atoms with Gasteiger partial charge in [-0.3, -0.25) is 5.10 Å². The Hall–Kier alpha value is -2.02. The summed E-state index contributed by atoms with van der Waals surface area (Å²) in [5.41, 5.74) is 0.322. The number of rotatable bonds is 3. The summed E-state index contributed by atoms with van der Waals surface area (Å²) in [7, 11) is 0. The number of halogens is 1. The topological polar surface area (TPSA) is 67.3 Å². The van der Waals surface area contributed by atoms with E-state index in [9.17, 15) is 4.39 Å². The summed E-state index contributed by atoms with van der Waals surface area (Å²) in [6.07, 6.45) is 3.70. The van der Waals surface area contributed by atoms with Crippen LogP contribution in [0, 0.1) is 5.82 Å². The molecule has 2 heterocycles. The van der Waals surface area contributed by atoms with Gasteiger partial charge in [0, 0.05) is 11.3 Å². The minimum atomic E-state index is -0.347. The van der Waals surface area contributed by atoms with Gasteiger partial charge in [-0.1, -0.05) is 6.07 Å². The number of benzene rings is 1. The number of para-hydroxylation sites is 1. The molecule has 0 atom stereocenters. The molecule has 0 spiro atoms. The summed E-state index contributed by atoms with van der Waals surface area (Å²) < 4.78 is 13.7. The van der Waals surface area contributed by atoms with Gasteiger partial charge in [0.25, 0.3) is 0 Å². The van der Waals surface area contributed by atoms with E-state index in [4.69, 9.17) is 0 Å². The van der Waals surface area contributed by atoms with E-state index in [1.807, 2.05) is 0 Å². The average molecular weight is 287 g/mol. The molecule has 1 aliphatic carbocycles. The third-order valence-corrected chi connectivity index (χ3v) is 4.10. The largest absolute Gasteiger partial charge is 0.262 e. The molecular formula is C13H10FN5S. The molecule has 4 rings (SSSR count). The Bertz CT molecular complexity index is 783. The van der Waals surface area contributed by atoms with Crippen molar-refractivity contribution < 1.29 is 4.39 Å². The van der Waals surface area contributed by atoms with Crippen molar-refractivity contribution in [2.45, 2.75) is 28.9 Å². The first-order valence-corrected chi connectivity index (χ1v) is 7.12. The number of fused-ring (bicyclic) bond motifs is 1. The fourth-order valence-corrected chi connectivity index (χ4v) is 2.82. The lowest BCUT2D eigenvalue weighted by Crippen LogP contribution is -1.90. The number of hydrogen-bond donors (Lipinski definition) is 1. The number of H-pyrrole nitrogens is 1. The van der Waals surface area contributed by atoms with Crippen LogP contribution in [0.5, 0.6) is 0 Å². The van der Waals surface area contributed by atoms with Gasteiger partial charge in [0.05, 0.1) is 0 Å². The van der Waals surface area contributed by atoms with Crippen LogP contribution in [0.25, 0.3) is 10.9 Å². The number of nitrogens with zero attached hydrogens (tertiary/aromatic N) is 4. The lowest BCUT2D eigenvalue weighted by molar-refractivity contribution is 0.636. The second-order valence-electron chi connectivity index (χ2n) is 4.69. The zero-order valence-electron chi connectivity index (χ0n) is 10.4. The van der Waals surface area contributed by atoms with Crippen LogP contribution in [0.4, 0.5) is 4.39 Å². The van der Waals surface area contributed by atoms with E-state index in [0.717, 1.165) is 5.82 Å². The first kappa shape index (κ1) is 11.8. The van der Waals surface area contributed by atoms with Crippen LogP contribution < -0.4 is 0 Å². The van der Waals surface area contributed by atoms with Crippen molar-refractivity contribution in [3.63, 3.8) is 0 Å². The van der Waals surface area contributed by atoms with Crippen molar-refractivity contribution in [3.8, 4) is 0 Å². The third-order valence-electron chi connectivity index (χ3n) is 3.21. The molecule has 0 saturated heterocycles. The predicted octanol–water partition coefficient (Wildman–Crippen LogP) is 2.92. The maximum absolute atomic E-state index is 13.7. The zero-order chi connectivity index (χ0) is 13.5. The van der Waals surface area contributed by atoms with Crippen LogP contribution in [0.15, 0.2) is 34.7 Å². The second-order valence-corrected chi connectivity index (χ2v) is 5.65. The van der Waals surface area contributed by atoms with Crippen molar-refractivity contribution in [2.75, 3.05) is 0 Å². The van der Waals surface area contributed by atoms with Crippen molar-refractivity contribution in [1.82, 2.24) is 25.1 Å². The summed E-state index contributed by atoms with van der Waals surface area (Å²) in [6.45, 7) is 0. The van der Waals surface area contributed by atoms with Gasteiger partial charge in [0.1, 0.15) is 28.5 Å². The smallest absolute Gasteiger partial charge is 0.214 e. The SMILES string of the molecule is Fc1cccc2c(Sc3n[nH]c(C4CC4)n3)ncnc12. The van der Waals surface area contributed by atoms with Crippen molar-refractivity contribution in [1.29, 1.82) is 0 Å². The lowest BCUT2D eigenvalue weighted by Gasteiger charge is -2.02. The summed E-state index contributed by atoms with van der Waals surface area (Å²) in [5.74, 6) is 1.11. The molecule has 3 aromatic rings. The molecule has 1 aromatic carbocycles. The molecule has 1 saturated carbocycles. The second kappa shape index (κ2) is 4.52. The van der Waals surface area contributed by atoms with Crippen LogP contribution >= 0.6 is 11.8 Å². The highest BCUT2D eigenvalue weighted by atomic mass is 32.2. The first-order chi connectivity index (χ1) is 9.81. The highest BCUT2D eigenvalue weighted by Gasteiger charge is 2.27. The summed E-state index contributed by atoms with van der Waals surface area (Å²) in [5, 5.41) is 9.07. The minimum absolute atomic E-state index is 0.322. The average Bonchev–Trinajstić information content (AvgIpc) is 3.21. The van der Waals surface area contributed by atoms with Crippen LogP contribution in [-0.4, -0.2) is 25.1 Å². The lowest BCUT2D eigenvalue weighted by atomic mass is 10.2. The Balaban J connectivity index is 1.72. The number of nitrogens with one attached hydrogen (secondary N) is 1. The van der Waals surface area contributed by atoms with Gasteiger partial charge in [-0.15, -0.1) is 5.10 Å². The number of aromatic amines is 1. The van der Waals surface area contributed by atoms with Crippen LogP contribution in [-0.2, 0) is 0 Å². The molecular weight excluding hydrogens is 277 g/mol. The molecule has 0 radical (unpaired) electrons. The zero-order valence-corrected chi connectivity index (χ0v) is 11.2. The van der Waals surface area contributed by atoms with Gasteiger partial charge in [0.15, 0.2) is 0 Å². The molecule has 2 aromatic heterocycles. The molecule has 0 amide bonds. The van der Waals surface area contributed by atoms with Gasteiger partial charge in [0.2, 0.25) is 5.16 Å². The molecule has 0 unspecified atom stereocenters. The van der Waals surface area contributed by atoms with Crippen molar-refractivity contribution >= 4 is 22.7 Å². The Morgan fingerprint density at radius 1 is 1.25 bits per heavy atom. The highest BCUT2D eigenvalue weighted by Crippen LogP contribution is 2.39. The van der Waals surface area contributed by atoms with Crippen LogP contribution in [0.3, 0.4) is 0 Å². The van der Waals surface area contributed by atoms with Crippen LogP contribution in [0.2, 0.25) is 0 Å². The molecule has 0 bridgehead atoms. The molecule has 20 heavy (non-hydrogen) atoms. The first-order valence-electron chi connectivity index (χ1n) is 6.30. The maximum Gasteiger partial charge on any atom is 0.214 e. The Morgan fingerprint density at radius 3 is 3.00 bits per heavy atom. The van der Waals surface area contributed by atoms with E-state index in [1.54, 1.807) is 12.1 Å². The number of aromatic nitrogens is 5. The van der Waals surface area contributed by atoms with Gasteiger partial charge < -0.3 is 0 Å². The quantitative estimate of drug-likeness (QED) is 0.750. The minimum Gasteiger partial charge on any atom is -0.262 e. The molecule has 1 aliphatic rings. The van der Waals surface area contributed by atoms with E-state index in [1.165, 1.54) is 37.0 Å². The molecule has 0 aliphatic heterocycles. The van der Waals surface area contributed by atoms with Crippen molar-refractivity contribution in [3.05, 3.63) is 36.2 Å². The molecule has 5 nitrogen and oxygen atoms in total. The van der Waals surface area contributed by atoms with Gasteiger partial charge in [-0.2, -0.15) is 0 Å². The van der Waals surface area contributed by atoms with Crippen LogP contribution in [0.1, 0.15) is 24.6 Å². The summed E-state index contributed by atoms with van der Waals surface area (Å²) >= 11 is 1.32. The van der Waals surface area contributed by atoms with E-state index in [2.05, 4.69) is 25.1 Å². The van der Waals surface area contributed by atoms with Gasteiger partial charge in [-0.05, 0) is 36.7 Å². The molecule has 1 fully saturated rings. The maximum atomic E-state index is 13.7. The fourth-order valence-electron chi connectivity index (χ4n) is 2.04.